The standard InChI is InChI=1S/C13H14N2O3S2/c16-10(17)7-20-13-14-11-9(4-6-19-11)12(18)15(13)5-3-8-1-2-8/h4,6,8H,1-3,5,7H2,(H,16,17). The van der Waals surface area contributed by atoms with Crippen LogP contribution in [0.2, 0.25) is 0 Å². The molecule has 2 aromatic heterocycles. The van der Waals surface area contributed by atoms with Crippen molar-refractivity contribution in [3.05, 3.63) is 21.8 Å². The van der Waals surface area contributed by atoms with Gasteiger partial charge in [-0.2, -0.15) is 0 Å². The summed E-state index contributed by atoms with van der Waals surface area (Å²) in [6.07, 6.45) is 3.44. The number of carbonyl (C=O) groups is 1. The molecule has 1 saturated carbocycles. The van der Waals surface area contributed by atoms with E-state index in [9.17, 15) is 9.59 Å². The molecule has 0 unspecified atom stereocenters. The van der Waals surface area contributed by atoms with Crippen LogP contribution in [0.5, 0.6) is 0 Å². The third-order valence-corrected chi connectivity index (χ3v) is 5.10. The molecule has 20 heavy (non-hydrogen) atoms. The first-order valence-corrected chi connectivity index (χ1v) is 8.34. The largest absolute Gasteiger partial charge is 0.481 e. The number of aromatic nitrogens is 2. The summed E-state index contributed by atoms with van der Waals surface area (Å²) in [4.78, 5) is 28.3. The first-order valence-electron chi connectivity index (χ1n) is 6.48. The van der Waals surface area contributed by atoms with Crippen molar-refractivity contribution in [3.8, 4) is 0 Å². The lowest BCUT2D eigenvalue weighted by molar-refractivity contribution is -0.133. The quantitative estimate of drug-likeness (QED) is 0.655. The third kappa shape index (κ3) is 2.88. The molecule has 0 amide bonds. The van der Waals surface area contributed by atoms with Crippen LogP contribution < -0.4 is 5.56 Å². The predicted octanol–water partition coefficient (Wildman–Crippen LogP) is 2.43. The number of hydrogen-bond acceptors (Lipinski definition) is 5. The van der Waals surface area contributed by atoms with E-state index in [0.29, 0.717) is 21.9 Å². The first kappa shape index (κ1) is 13.6. The summed E-state index contributed by atoms with van der Waals surface area (Å²) in [6.45, 7) is 0.629. The minimum atomic E-state index is -0.899. The van der Waals surface area contributed by atoms with E-state index in [1.54, 1.807) is 10.6 Å². The second kappa shape index (κ2) is 5.57. The van der Waals surface area contributed by atoms with Crippen molar-refractivity contribution in [2.24, 2.45) is 5.92 Å². The molecule has 0 spiro atoms. The minimum Gasteiger partial charge on any atom is -0.481 e. The maximum absolute atomic E-state index is 12.5. The smallest absolute Gasteiger partial charge is 0.313 e. The van der Waals surface area contributed by atoms with Gasteiger partial charge in [-0.15, -0.1) is 11.3 Å². The third-order valence-electron chi connectivity index (χ3n) is 3.33. The average Bonchev–Trinajstić information content (AvgIpc) is 3.11. The Morgan fingerprint density at radius 3 is 3.05 bits per heavy atom. The highest BCUT2D eigenvalue weighted by atomic mass is 32.2. The van der Waals surface area contributed by atoms with Crippen LogP contribution >= 0.6 is 23.1 Å². The van der Waals surface area contributed by atoms with Crippen LogP contribution in [0, 0.1) is 5.92 Å². The van der Waals surface area contributed by atoms with Gasteiger partial charge in [-0.05, 0) is 23.8 Å². The second-order valence-electron chi connectivity index (χ2n) is 4.91. The van der Waals surface area contributed by atoms with E-state index in [4.69, 9.17) is 5.11 Å². The second-order valence-corrected chi connectivity index (χ2v) is 6.74. The molecule has 0 saturated heterocycles. The van der Waals surface area contributed by atoms with Gasteiger partial charge in [0.05, 0.1) is 11.1 Å². The number of aliphatic carboxylic acids is 1. The first-order chi connectivity index (χ1) is 9.65. The summed E-state index contributed by atoms with van der Waals surface area (Å²) in [7, 11) is 0. The van der Waals surface area contributed by atoms with Gasteiger partial charge in [0.2, 0.25) is 0 Å². The van der Waals surface area contributed by atoms with Crippen LogP contribution in [0.3, 0.4) is 0 Å². The molecule has 1 fully saturated rings. The Labute approximate surface area is 123 Å². The number of thioether (sulfide) groups is 1. The molecule has 106 valence electrons. The summed E-state index contributed by atoms with van der Waals surface area (Å²) < 4.78 is 1.64. The summed E-state index contributed by atoms with van der Waals surface area (Å²) in [5.74, 6) is -0.256. The van der Waals surface area contributed by atoms with Gasteiger partial charge in [0.1, 0.15) is 4.83 Å². The van der Waals surface area contributed by atoms with Gasteiger partial charge >= 0.3 is 5.97 Å². The number of fused-ring (bicyclic) bond motifs is 1. The van der Waals surface area contributed by atoms with E-state index in [1.165, 1.54) is 24.2 Å². The molecule has 1 N–H and O–H groups in total. The molecule has 1 aliphatic rings. The lowest BCUT2D eigenvalue weighted by Crippen LogP contribution is -2.23. The molecule has 5 nitrogen and oxygen atoms in total. The fourth-order valence-electron chi connectivity index (χ4n) is 2.08. The molecule has 0 atom stereocenters. The molecular weight excluding hydrogens is 296 g/mol. The van der Waals surface area contributed by atoms with Crippen LogP contribution in [-0.4, -0.2) is 26.4 Å². The number of carboxylic acids is 1. The molecule has 0 radical (unpaired) electrons. The lowest BCUT2D eigenvalue weighted by atomic mass is 10.3. The Morgan fingerprint density at radius 2 is 2.35 bits per heavy atom. The van der Waals surface area contributed by atoms with Crippen LogP contribution in [0.25, 0.3) is 10.2 Å². The van der Waals surface area contributed by atoms with Crippen LogP contribution in [-0.2, 0) is 11.3 Å². The molecule has 1 aliphatic carbocycles. The van der Waals surface area contributed by atoms with Crippen LogP contribution in [0.15, 0.2) is 21.4 Å². The summed E-state index contributed by atoms with van der Waals surface area (Å²) >= 11 is 2.53. The van der Waals surface area contributed by atoms with Crippen LogP contribution in [0.1, 0.15) is 19.3 Å². The van der Waals surface area contributed by atoms with Gasteiger partial charge in [-0.3, -0.25) is 14.2 Å². The van der Waals surface area contributed by atoms with E-state index in [-0.39, 0.29) is 11.3 Å². The van der Waals surface area contributed by atoms with Crippen molar-refractivity contribution in [3.63, 3.8) is 0 Å². The van der Waals surface area contributed by atoms with Crippen molar-refractivity contribution in [1.29, 1.82) is 0 Å². The maximum atomic E-state index is 12.5. The van der Waals surface area contributed by atoms with Gasteiger partial charge in [-0.1, -0.05) is 24.6 Å². The average molecular weight is 310 g/mol. The normalized spacial score (nSPS) is 14.8. The van der Waals surface area contributed by atoms with Crippen molar-refractivity contribution >= 4 is 39.3 Å². The van der Waals surface area contributed by atoms with Crippen LogP contribution in [0.4, 0.5) is 0 Å². The molecule has 0 aliphatic heterocycles. The Morgan fingerprint density at radius 1 is 1.55 bits per heavy atom. The zero-order valence-electron chi connectivity index (χ0n) is 10.7. The number of carboxylic acid groups (broad SMARTS) is 1. The van der Waals surface area contributed by atoms with Crippen molar-refractivity contribution < 1.29 is 9.90 Å². The maximum Gasteiger partial charge on any atom is 0.313 e. The van der Waals surface area contributed by atoms with E-state index < -0.39 is 5.97 Å². The fourth-order valence-corrected chi connectivity index (χ4v) is 3.63. The molecule has 2 aromatic rings. The number of thiophene rings is 1. The Balaban J connectivity index is 1.96. The summed E-state index contributed by atoms with van der Waals surface area (Å²) in [6, 6.07) is 1.79. The Hall–Kier alpha value is -1.34. The topological polar surface area (TPSA) is 72.2 Å². The highest BCUT2D eigenvalue weighted by Crippen LogP contribution is 2.33. The number of nitrogens with zero attached hydrogens (tertiary/aromatic N) is 2. The highest BCUT2D eigenvalue weighted by Gasteiger charge is 2.22. The molecule has 7 heteroatoms. The Kier molecular flexibility index (Phi) is 3.80. The SMILES string of the molecule is O=C(O)CSc1nc2sccc2c(=O)n1CCC1CC1. The fraction of sp³-hybridized carbons (Fsp3) is 0.462. The van der Waals surface area contributed by atoms with Gasteiger partial charge in [0.15, 0.2) is 5.16 Å². The highest BCUT2D eigenvalue weighted by molar-refractivity contribution is 7.99. The number of hydrogen-bond donors (Lipinski definition) is 1. The van der Waals surface area contributed by atoms with E-state index in [0.717, 1.165) is 24.1 Å². The van der Waals surface area contributed by atoms with E-state index >= 15 is 0 Å². The predicted molar refractivity (Wildman–Crippen MR) is 79.6 cm³/mol. The molecule has 0 bridgehead atoms. The zero-order valence-corrected chi connectivity index (χ0v) is 12.4. The molecule has 0 aromatic carbocycles. The van der Waals surface area contributed by atoms with E-state index in [1.807, 2.05) is 5.38 Å². The summed E-state index contributed by atoms with van der Waals surface area (Å²) in [5, 5.41) is 11.8. The van der Waals surface area contributed by atoms with Crippen molar-refractivity contribution in [1.82, 2.24) is 9.55 Å². The Bertz CT molecular complexity index is 703. The molecular formula is C13H14N2O3S2. The molecule has 3 rings (SSSR count). The van der Waals surface area contributed by atoms with Crippen molar-refractivity contribution in [2.75, 3.05) is 5.75 Å². The zero-order chi connectivity index (χ0) is 14.1. The summed E-state index contributed by atoms with van der Waals surface area (Å²) in [5.41, 5.74) is -0.0511. The van der Waals surface area contributed by atoms with Gasteiger partial charge in [0.25, 0.3) is 5.56 Å². The van der Waals surface area contributed by atoms with Crippen molar-refractivity contribution in [2.45, 2.75) is 31.0 Å². The van der Waals surface area contributed by atoms with E-state index in [2.05, 4.69) is 4.98 Å². The van der Waals surface area contributed by atoms with Gasteiger partial charge < -0.3 is 5.11 Å². The van der Waals surface area contributed by atoms with Gasteiger partial charge in [0, 0.05) is 6.54 Å². The number of rotatable bonds is 6. The lowest BCUT2D eigenvalue weighted by Gasteiger charge is -2.10. The monoisotopic (exact) mass is 310 g/mol. The molecule has 2 heterocycles. The van der Waals surface area contributed by atoms with Gasteiger partial charge in [-0.25, -0.2) is 4.98 Å². The minimum absolute atomic E-state index is 0.0511.